The van der Waals surface area contributed by atoms with Gasteiger partial charge in [0.25, 0.3) is 0 Å². The smallest absolute Gasteiger partial charge is 0.317 e. The fraction of sp³-hybridized carbons (Fsp3) is 0.550. The number of carbonyl (C=O) groups excluding carboxylic acids is 1. The van der Waals surface area contributed by atoms with Crippen LogP contribution in [0.15, 0.2) is 43.0 Å². The zero-order valence-electron chi connectivity index (χ0n) is 15.5. The molecule has 1 N–H and O–H groups in total. The number of benzene rings is 1. The SMILES string of the molecule is O=C(NC(CC1CCOC1)c1ccccc1)N1CCCC(n2cncn2)C1. The van der Waals surface area contributed by atoms with Crippen LogP contribution >= 0.6 is 0 Å². The Bertz CT molecular complexity index is 715. The van der Waals surface area contributed by atoms with E-state index in [-0.39, 0.29) is 18.1 Å². The Kier molecular flexibility index (Phi) is 5.67. The van der Waals surface area contributed by atoms with E-state index in [4.69, 9.17) is 4.74 Å². The predicted octanol–water partition coefficient (Wildman–Crippen LogP) is 2.79. The van der Waals surface area contributed by atoms with E-state index in [1.165, 1.54) is 0 Å². The van der Waals surface area contributed by atoms with E-state index in [1.807, 2.05) is 27.8 Å². The lowest BCUT2D eigenvalue weighted by molar-refractivity contribution is 0.156. The number of ether oxygens (including phenoxy) is 1. The minimum atomic E-state index is 0.00702. The number of likely N-dealkylation sites (tertiary alicyclic amines) is 1. The number of aromatic nitrogens is 3. The summed E-state index contributed by atoms with van der Waals surface area (Å²) in [7, 11) is 0. The first kappa shape index (κ1) is 18.0. The largest absolute Gasteiger partial charge is 0.381 e. The molecule has 3 heterocycles. The highest BCUT2D eigenvalue weighted by Gasteiger charge is 2.28. The van der Waals surface area contributed by atoms with Crippen LogP contribution in [-0.4, -0.2) is 52.0 Å². The molecular formula is C20H27N5O2. The number of amides is 2. The molecule has 27 heavy (non-hydrogen) atoms. The lowest BCUT2D eigenvalue weighted by Crippen LogP contribution is -2.47. The summed E-state index contributed by atoms with van der Waals surface area (Å²) in [6.07, 6.45) is 7.26. The van der Waals surface area contributed by atoms with Crippen LogP contribution in [0, 0.1) is 5.92 Å². The third kappa shape index (κ3) is 4.47. The molecule has 7 nitrogen and oxygen atoms in total. The van der Waals surface area contributed by atoms with Crippen LogP contribution in [0.3, 0.4) is 0 Å². The molecule has 2 saturated heterocycles. The second kappa shape index (κ2) is 8.52. The lowest BCUT2D eigenvalue weighted by atomic mass is 9.94. The molecule has 0 radical (unpaired) electrons. The van der Waals surface area contributed by atoms with Gasteiger partial charge in [0.15, 0.2) is 0 Å². The van der Waals surface area contributed by atoms with Gasteiger partial charge in [-0.15, -0.1) is 0 Å². The quantitative estimate of drug-likeness (QED) is 0.880. The second-order valence-corrected chi connectivity index (χ2v) is 7.50. The molecule has 0 aliphatic carbocycles. The molecule has 1 aromatic heterocycles. The highest BCUT2D eigenvalue weighted by atomic mass is 16.5. The summed E-state index contributed by atoms with van der Waals surface area (Å²) in [5.41, 5.74) is 1.16. The van der Waals surface area contributed by atoms with Crippen molar-refractivity contribution < 1.29 is 9.53 Å². The highest BCUT2D eigenvalue weighted by molar-refractivity contribution is 5.75. The third-order valence-corrected chi connectivity index (χ3v) is 5.59. The Balaban J connectivity index is 1.42. The minimum Gasteiger partial charge on any atom is -0.381 e. The number of nitrogens with zero attached hydrogens (tertiary/aromatic N) is 4. The molecule has 0 bridgehead atoms. The summed E-state index contributed by atoms with van der Waals surface area (Å²) in [5, 5.41) is 7.53. The Hall–Kier alpha value is -2.41. The maximum Gasteiger partial charge on any atom is 0.317 e. The third-order valence-electron chi connectivity index (χ3n) is 5.59. The van der Waals surface area contributed by atoms with E-state index in [1.54, 1.807) is 12.7 Å². The number of hydrogen-bond donors (Lipinski definition) is 1. The normalized spacial score (nSPS) is 23.9. The van der Waals surface area contributed by atoms with Gasteiger partial charge in [0, 0.05) is 26.3 Å². The number of nitrogens with one attached hydrogen (secondary N) is 1. The molecule has 2 aliphatic heterocycles. The molecule has 2 fully saturated rings. The molecule has 0 saturated carbocycles. The Morgan fingerprint density at radius 3 is 2.93 bits per heavy atom. The summed E-state index contributed by atoms with van der Waals surface area (Å²) >= 11 is 0. The van der Waals surface area contributed by atoms with Crippen molar-refractivity contribution in [1.29, 1.82) is 0 Å². The van der Waals surface area contributed by atoms with Gasteiger partial charge in [0.2, 0.25) is 0 Å². The molecule has 2 amide bonds. The van der Waals surface area contributed by atoms with Gasteiger partial charge in [-0.25, -0.2) is 14.5 Å². The topological polar surface area (TPSA) is 72.3 Å². The zero-order chi connectivity index (χ0) is 18.5. The maximum absolute atomic E-state index is 13.0. The summed E-state index contributed by atoms with van der Waals surface area (Å²) < 4.78 is 7.40. The van der Waals surface area contributed by atoms with Gasteiger partial charge < -0.3 is 15.0 Å². The number of urea groups is 1. The molecule has 7 heteroatoms. The molecule has 2 aliphatic rings. The molecule has 144 valence electrons. The fourth-order valence-corrected chi connectivity index (χ4v) is 4.07. The molecule has 2 aromatic rings. The van der Waals surface area contributed by atoms with Crippen LogP contribution in [0.2, 0.25) is 0 Å². The summed E-state index contributed by atoms with van der Waals surface area (Å²) in [4.78, 5) is 19.0. The van der Waals surface area contributed by atoms with Gasteiger partial charge in [-0.1, -0.05) is 30.3 Å². The summed E-state index contributed by atoms with van der Waals surface area (Å²) in [6.45, 7) is 3.07. The maximum atomic E-state index is 13.0. The Labute approximate surface area is 159 Å². The molecule has 3 unspecified atom stereocenters. The average Bonchev–Trinajstić information content (AvgIpc) is 3.42. The standard InChI is InChI=1S/C20H27N5O2/c26-20(24-9-4-7-18(12-24)25-15-21-14-22-25)23-19(11-16-8-10-27-13-16)17-5-2-1-3-6-17/h1-3,5-6,14-16,18-19H,4,7-13H2,(H,23,26). The van der Waals surface area contributed by atoms with E-state index in [2.05, 4.69) is 27.5 Å². The van der Waals surface area contributed by atoms with Crippen molar-refractivity contribution in [2.75, 3.05) is 26.3 Å². The van der Waals surface area contributed by atoms with Crippen molar-refractivity contribution in [3.05, 3.63) is 48.5 Å². The Morgan fingerprint density at radius 2 is 2.19 bits per heavy atom. The van der Waals surface area contributed by atoms with Gasteiger partial charge in [0.05, 0.1) is 12.1 Å². The van der Waals surface area contributed by atoms with Crippen LogP contribution in [0.1, 0.15) is 43.3 Å². The molecular weight excluding hydrogens is 342 g/mol. The van der Waals surface area contributed by atoms with Gasteiger partial charge >= 0.3 is 6.03 Å². The van der Waals surface area contributed by atoms with Crippen molar-refractivity contribution in [1.82, 2.24) is 25.0 Å². The zero-order valence-corrected chi connectivity index (χ0v) is 15.5. The van der Waals surface area contributed by atoms with Crippen molar-refractivity contribution in [2.24, 2.45) is 5.92 Å². The van der Waals surface area contributed by atoms with E-state index < -0.39 is 0 Å². The number of rotatable bonds is 5. The van der Waals surface area contributed by atoms with Gasteiger partial charge in [-0.05, 0) is 37.2 Å². The van der Waals surface area contributed by atoms with Crippen LogP contribution < -0.4 is 5.32 Å². The van der Waals surface area contributed by atoms with E-state index in [0.29, 0.717) is 12.5 Å². The lowest BCUT2D eigenvalue weighted by Gasteiger charge is -2.34. The number of hydrogen-bond acceptors (Lipinski definition) is 4. The van der Waals surface area contributed by atoms with Gasteiger partial charge in [0.1, 0.15) is 12.7 Å². The van der Waals surface area contributed by atoms with E-state index >= 15 is 0 Å². The summed E-state index contributed by atoms with van der Waals surface area (Å²) in [6, 6.07) is 10.5. The highest BCUT2D eigenvalue weighted by Crippen LogP contribution is 2.27. The molecule has 0 spiro atoms. The van der Waals surface area contributed by atoms with Crippen molar-refractivity contribution in [3.63, 3.8) is 0 Å². The average molecular weight is 369 g/mol. The van der Waals surface area contributed by atoms with Crippen LogP contribution in [0.4, 0.5) is 4.79 Å². The molecule has 3 atom stereocenters. The van der Waals surface area contributed by atoms with E-state index in [9.17, 15) is 4.79 Å². The van der Waals surface area contributed by atoms with Crippen molar-refractivity contribution in [2.45, 2.75) is 37.8 Å². The monoisotopic (exact) mass is 369 g/mol. The first-order chi connectivity index (χ1) is 13.3. The summed E-state index contributed by atoms with van der Waals surface area (Å²) in [5.74, 6) is 0.500. The number of carbonyl (C=O) groups is 1. The van der Waals surface area contributed by atoms with Crippen molar-refractivity contribution >= 4 is 6.03 Å². The minimum absolute atomic E-state index is 0.00702. The predicted molar refractivity (Wildman–Crippen MR) is 101 cm³/mol. The van der Waals surface area contributed by atoms with Crippen LogP contribution in [0.5, 0.6) is 0 Å². The van der Waals surface area contributed by atoms with Gasteiger partial charge in [-0.2, -0.15) is 5.10 Å². The van der Waals surface area contributed by atoms with Gasteiger partial charge in [-0.3, -0.25) is 0 Å². The fourth-order valence-electron chi connectivity index (χ4n) is 4.07. The van der Waals surface area contributed by atoms with Crippen LogP contribution in [-0.2, 0) is 4.74 Å². The first-order valence-corrected chi connectivity index (χ1v) is 9.82. The van der Waals surface area contributed by atoms with E-state index in [0.717, 1.165) is 51.0 Å². The van der Waals surface area contributed by atoms with Crippen LogP contribution in [0.25, 0.3) is 0 Å². The Morgan fingerprint density at radius 1 is 1.30 bits per heavy atom. The molecule has 1 aromatic carbocycles. The second-order valence-electron chi connectivity index (χ2n) is 7.50. The molecule has 4 rings (SSSR count). The first-order valence-electron chi connectivity index (χ1n) is 9.82. The number of piperidine rings is 1. The van der Waals surface area contributed by atoms with Crippen molar-refractivity contribution in [3.8, 4) is 0 Å².